The Hall–Kier alpha value is -1.62. The van der Waals surface area contributed by atoms with E-state index in [1.165, 1.54) is 18.4 Å². The van der Waals surface area contributed by atoms with Crippen LogP contribution < -0.4 is 10.6 Å². The highest BCUT2D eigenvalue weighted by molar-refractivity contribution is 5.79. The van der Waals surface area contributed by atoms with Gasteiger partial charge in [0.2, 0.25) is 0 Å². The number of guanidine groups is 1. The lowest BCUT2D eigenvalue weighted by molar-refractivity contribution is 0.0513. The smallest absolute Gasteiger partial charge is 0.191 e. The van der Waals surface area contributed by atoms with Gasteiger partial charge in [-0.3, -0.25) is 4.99 Å². The maximum absolute atomic E-state index is 13.3. The Morgan fingerprint density at radius 2 is 1.88 bits per heavy atom. The molecule has 1 aromatic carbocycles. The van der Waals surface area contributed by atoms with Crippen LogP contribution in [0, 0.1) is 5.82 Å². The topological polar surface area (TPSA) is 45.7 Å². The van der Waals surface area contributed by atoms with Gasteiger partial charge in [-0.1, -0.05) is 31.9 Å². The fourth-order valence-electron chi connectivity index (χ4n) is 3.19. The van der Waals surface area contributed by atoms with Crippen LogP contribution >= 0.6 is 0 Å². The summed E-state index contributed by atoms with van der Waals surface area (Å²) < 4.78 is 18.8. The summed E-state index contributed by atoms with van der Waals surface area (Å²) in [5, 5.41) is 6.83. The lowest BCUT2D eigenvalue weighted by Gasteiger charge is -2.38. The molecule has 4 nitrogen and oxygen atoms in total. The molecule has 0 aliphatic carbocycles. The maximum Gasteiger partial charge on any atom is 0.191 e. The van der Waals surface area contributed by atoms with Crippen LogP contribution in [0.25, 0.3) is 0 Å². The monoisotopic (exact) mass is 335 g/mol. The largest absolute Gasteiger partial charge is 0.381 e. The quantitative estimate of drug-likeness (QED) is 0.457. The maximum atomic E-state index is 13.3. The predicted octanol–water partition coefficient (Wildman–Crippen LogP) is 3.23. The first-order valence-electron chi connectivity index (χ1n) is 8.98. The highest BCUT2D eigenvalue weighted by Gasteiger charge is 2.34. The van der Waals surface area contributed by atoms with Crippen LogP contribution in [0.4, 0.5) is 4.39 Å². The number of hydrogen-bond donors (Lipinski definition) is 2. The molecule has 1 aliphatic rings. The Bertz CT molecular complexity index is 510. The van der Waals surface area contributed by atoms with Gasteiger partial charge in [0, 0.05) is 38.8 Å². The van der Waals surface area contributed by atoms with E-state index in [1.54, 1.807) is 19.2 Å². The summed E-state index contributed by atoms with van der Waals surface area (Å²) in [7, 11) is 1.80. The predicted molar refractivity (Wildman–Crippen MR) is 97.0 cm³/mol. The number of nitrogens with one attached hydrogen (secondary N) is 2. The van der Waals surface area contributed by atoms with Crippen molar-refractivity contribution in [2.45, 2.75) is 44.4 Å². The lowest BCUT2D eigenvalue weighted by atomic mass is 9.74. The lowest BCUT2D eigenvalue weighted by Crippen LogP contribution is -2.48. The van der Waals surface area contributed by atoms with E-state index >= 15 is 0 Å². The summed E-state index contributed by atoms with van der Waals surface area (Å²) in [6.45, 7) is 5.38. The Labute approximate surface area is 144 Å². The normalized spacial score (nSPS) is 17.5. The Kier molecular flexibility index (Phi) is 7.50. The van der Waals surface area contributed by atoms with E-state index < -0.39 is 0 Å². The van der Waals surface area contributed by atoms with E-state index in [0.717, 1.165) is 51.5 Å². The van der Waals surface area contributed by atoms with Gasteiger partial charge in [-0.2, -0.15) is 0 Å². The minimum atomic E-state index is -0.192. The molecular formula is C19H30FN3O. The molecule has 0 unspecified atom stereocenters. The van der Waals surface area contributed by atoms with E-state index in [0.29, 0.717) is 0 Å². The molecule has 0 bridgehead atoms. The summed E-state index contributed by atoms with van der Waals surface area (Å²) in [6, 6.07) is 6.90. The first kappa shape index (κ1) is 18.7. The highest BCUT2D eigenvalue weighted by Crippen LogP contribution is 2.34. The van der Waals surface area contributed by atoms with Crippen molar-refractivity contribution >= 4 is 5.96 Å². The second-order valence-electron chi connectivity index (χ2n) is 6.46. The minimum absolute atomic E-state index is 0.0347. The Morgan fingerprint density at radius 1 is 1.17 bits per heavy atom. The summed E-state index contributed by atoms with van der Waals surface area (Å²) in [5.74, 6) is 0.640. The second-order valence-corrected chi connectivity index (χ2v) is 6.46. The fraction of sp³-hybridized carbons (Fsp3) is 0.632. The van der Waals surface area contributed by atoms with Gasteiger partial charge in [-0.25, -0.2) is 4.39 Å². The zero-order valence-corrected chi connectivity index (χ0v) is 14.9. The van der Waals surface area contributed by atoms with Crippen molar-refractivity contribution in [1.82, 2.24) is 10.6 Å². The molecule has 24 heavy (non-hydrogen) atoms. The van der Waals surface area contributed by atoms with Gasteiger partial charge in [0.15, 0.2) is 5.96 Å². The number of halogens is 1. The van der Waals surface area contributed by atoms with Gasteiger partial charge >= 0.3 is 0 Å². The number of benzene rings is 1. The van der Waals surface area contributed by atoms with Gasteiger partial charge in [0.05, 0.1) is 0 Å². The molecule has 1 fully saturated rings. The molecule has 0 atom stereocenters. The second kappa shape index (κ2) is 9.62. The molecule has 2 rings (SSSR count). The van der Waals surface area contributed by atoms with Crippen molar-refractivity contribution in [3.63, 3.8) is 0 Å². The molecule has 1 saturated heterocycles. The summed E-state index contributed by atoms with van der Waals surface area (Å²) in [4.78, 5) is 4.31. The van der Waals surface area contributed by atoms with Crippen molar-refractivity contribution in [2.24, 2.45) is 4.99 Å². The molecule has 1 aromatic rings. The van der Waals surface area contributed by atoms with Crippen LogP contribution in [0.1, 0.15) is 44.6 Å². The van der Waals surface area contributed by atoms with Gasteiger partial charge in [-0.15, -0.1) is 0 Å². The molecule has 1 aliphatic heterocycles. The molecule has 0 radical (unpaired) electrons. The van der Waals surface area contributed by atoms with Crippen LogP contribution in [0.3, 0.4) is 0 Å². The minimum Gasteiger partial charge on any atom is -0.381 e. The molecular weight excluding hydrogens is 305 g/mol. The van der Waals surface area contributed by atoms with Gasteiger partial charge < -0.3 is 15.4 Å². The van der Waals surface area contributed by atoms with Crippen LogP contribution in [0.15, 0.2) is 29.3 Å². The van der Waals surface area contributed by atoms with E-state index in [2.05, 4.69) is 22.5 Å². The zero-order valence-electron chi connectivity index (χ0n) is 14.9. The van der Waals surface area contributed by atoms with E-state index in [4.69, 9.17) is 4.74 Å². The van der Waals surface area contributed by atoms with E-state index in [9.17, 15) is 4.39 Å². The number of rotatable bonds is 7. The van der Waals surface area contributed by atoms with E-state index in [-0.39, 0.29) is 11.2 Å². The van der Waals surface area contributed by atoms with Crippen LogP contribution in [0.5, 0.6) is 0 Å². The van der Waals surface area contributed by atoms with Crippen LogP contribution in [-0.2, 0) is 10.2 Å². The van der Waals surface area contributed by atoms with Crippen molar-refractivity contribution in [3.8, 4) is 0 Å². The zero-order chi connectivity index (χ0) is 17.3. The number of ether oxygens (including phenoxy) is 1. The number of hydrogen-bond acceptors (Lipinski definition) is 2. The molecule has 5 heteroatoms. The first-order valence-corrected chi connectivity index (χ1v) is 8.98. The molecule has 2 N–H and O–H groups in total. The average Bonchev–Trinajstić information content (AvgIpc) is 2.62. The van der Waals surface area contributed by atoms with Crippen molar-refractivity contribution in [2.75, 3.05) is 33.4 Å². The molecule has 134 valence electrons. The third-order valence-corrected chi connectivity index (χ3v) is 4.80. The van der Waals surface area contributed by atoms with E-state index in [1.807, 2.05) is 12.1 Å². The summed E-state index contributed by atoms with van der Waals surface area (Å²) in [6.07, 6.45) is 5.44. The molecule has 0 amide bonds. The molecule has 0 spiro atoms. The third-order valence-electron chi connectivity index (χ3n) is 4.80. The van der Waals surface area contributed by atoms with Gasteiger partial charge in [0.25, 0.3) is 0 Å². The van der Waals surface area contributed by atoms with Gasteiger partial charge in [0.1, 0.15) is 5.82 Å². The van der Waals surface area contributed by atoms with Crippen molar-refractivity contribution in [3.05, 3.63) is 35.6 Å². The number of aliphatic imine (C=N–C) groups is 1. The van der Waals surface area contributed by atoms with Crippen LogP contribution in [0.2, 0.25) is 0 Å². The van der Waals surface area contributed by atoms with Gasteiger partial charge in [-0.05, 0) is 37.0 Å². The van der Waals surface area contributed by atoms with Crippen molar-refractivity contribution < 1.29 is 9.13 Å². The SMILES string of the molecule is CCCCCNC(=NC)NCC1(c2ccc(F)cc2)CCOCC1. The third kappa shape index (κ3) is 5.20. The first-order chi connectivity index (χ1) is 11.7. The molecule has 1 heterocycles. The van der Waals surface area contributed by atoms with Crippen LogP contribution in [-0.4, -0.2) is 39.3 Å². The standard InChI is InChI=1S/C19H30FN3O/c1-3-4-5-12-22-18(21-2)23-15-19(10-13-24-14-11-19)16-6-8-17(20)9-7-16/h6-9H,3-5,10-15H2,1-2H3,(H2,21,22,23). The Morgan fingerprint density at radius 3 is 2.50 bits per heavy atom. The number of unbranched alkanes of at least 4 members (excludes halogenated alkanes) is 2. The number of nitrogens with zero attached hydrogens (tertiary/aromatic N) is 1. The van der Waals surface area contributed by atoms with Crippen molar-refractivity contribution in [1.29, 1.82) is 0 Å². The average molecular weight is 335 g/mol. The summed E-state index contributed by atoms with van der Waals surface area (Å²) >= 11 is 0. The highest BCUT2D eigenvalue weighted by atomic mass is 19.1. The molecule has 0 aromatic heterocycles. The Balaban J connectivity index is 1.99. The fourth-order valence-corrected chi connectivity index (χ4v) is 3.19. The summed E-state index contributed by atoms with van der Waals surface area (Å²) in [5.41, 5.74) is 1.13. The molecule has 0 saturated carbocycles.